The second-order valence-electron chi connectivity index (χ2n) is 16.5. The van der Waals surface area contributed by atoms with E-state index in [9.17, 15) is 19.8 Å². The molecule has 0 saturated carbocycles. The molecule has 320 valence electrons. The molecular weight excluding hydrogens is 671 g/mol. The van der Waals surface area contributed by atoms with Gasteiger partial charge in [-0.3, -0.25) is 9.59 Å². The van der Waals surface area contributed by atoms with Crippen LogP contribution in [0.5, 0.6) is 0 Å². The Hall–Kier alpha value is -1.40. The first-order valence-corrected chi connectivity index (χ1v) is 23.9. The van der Waals surface area contributed by atoms with Crippen LogP contribution < -0.4 is 5.32 Å². The molecule has 0 saturated heterocycles. The highest BCUT2D eigenvalue weighted by molar-refractivity contribution is 5.77. The van der Waals surface area contributed by atoms with Gasteiger partial charge in [0.1, 0.15) is 6.10 Å². The highest BCUT2D eigenvalue weighted by Gasteiger charge is 2.24. The highest BCUT2D eigenvalue weighted by Crippen LogP contribution is 2.18. The van der Waals surface area contributed by atoms with E-state index in [1.165, 1.54) is 148 Å². The van der Waals surface area contributed by atoms with E-state index in [1.807, 2.05) is 0 Å². The van der Waals surface area contributed by atoms with Gasteiger partial charge in [0.05, 0.1) is 25.2 Å². The molecular formula is C48H93NO5. The first-order chi connectivity index (χ1) is 26.5. The van der Waals surface area contributed by atoms with E-state index in [2.05, 4.69) is 38.2 Å². The standard InChI is InChI=1S/C48H93NO5/c1-4-7-10-13-16-19-22-23-24-26-28-31-34-37-40-46(51)45(43-50)49-47(52)42-44(39-36-33-30-27-21-18-15-12-9-6-3)54-48(53)41-38-35-32-29-25-20-17-14-11-8-5-2/h18,21,44-46,50-51H,4-17,19-20,22-43H2,1-3H3,(H,49,52)/b21-18-. The van der Waals surface area contributed by atoms with Crippen LogP contribution in [0.2, 0.25) is 0 Å². The van der Waals surface area contributed by atoms with Crippen molar-refractivity contribution < 1.29 is 24.5 Å². The fourth-order valence-corrected chi connectivity index (χ4v) is 7.43. The summed E-state index contributed by atoms with van der Waals surface area (Å²) in [5.41, 5.74) is 0. The maximum absolute atomic E-state index is 13.1. The number of aliphatic hydroxyl groups excluding tert-OH is 2. The van der Waals surface area contributed by atoms with Gasteiger partial charge in [-0.1, -0.05) is 206 Å². The molecule has 0 fully saturated rings. The van der Waals surface area contributed by atoms with Crippen molar-refractivity contribution in [3.63, 3.8) is 0 Å². The topological polar surface area (TPSA) is 95.9 Å². The largest absolute Gasteiger partial charge is 0.462 e. The van der Waals surface area contributed by atoms with Gasteiger partial charge >= 0.3 is 5.97 Å². The Bertz CT molecular complexity index is 817. The zero-order chi connectivity index (χ0) is 39.6. The van der Waals surface area contributed by atoms with Crippen molar-refractivity contribution in [3.8, 4) is 0 Å². The second-order valence-corrected chi connectivity index (χ2v) is 16.5. The van der Waals surface area contributed by atoms with Gasteiger partial charge in [0, 0.05) is 6.42 Å². The number of allylic oxidation sites excluding steroid dienone is 2. The first kappa shape index (κ1) is 52.6. The predicted octanol–water partition coefficient (Wildman–Crippen LogP) is 13.8. The Morgan fingerprint density at radius 2 is 0.889 bits per heavy atom. The van der Waals surface area contributed by atoms with Crippen LogP contribution in [0, 0.1) is 0 Å². The Morgan fingerprint density at radius 1 is 0.519 bits per heavy atom. The maximum atomic E-state index is 13.1. The molecule has 0 aromatic heterocycles. The lowest BCUT2D eigenvalue weighted by Crippen LogP contribution is -2.46. The molecule has 6 heteroatoms. The summed E-state index contributed by atoms with van der Waals surface area (Å²) in [6.07, 6.45) is 45.6. The monoisotopic (exact) mass is 764 g/mol. The molecule has 0 spiro atoms. The third-order valence-corrected chi connectivity index (χ3v) is 11.1. The van der Waals surface area contributed by atoms with Crippen molar-refractivity contribution in [2.45, 2.75) is 277 Å². The normalized spacial score (nSPS) is 13.4. The number of carbonyl (C=O) groups excluding carboxylic acids is 2. The van der Waals surface area contributed by atoms with E-state index >= 15 is 0 Å². The number of unbranched alkanes of at least 4 members (excludes halogenated alkanes) is 29. The third kappa shape index (κ3) is 37.5. The van der Waals surface area contributed by atoms with Crippen LogP contribution in [0.1, 0.15) is 258 Å². The summed E-state index contributed by atoms with van der Waals surface area (Å²) < 4.78 is 5.89. The molecule has 6 nitrogen and oxygen atoms in total. The Labute approximate surface area is 336 Å². The average Bonchev–Trinajstić information content (AvgIpc) is 3.16. The lowest BCUT2D eigenvalue weighted by Gasteiger charge is -2.24. The Kier molecular flexibility index (Phi) is 41.6. The fourth-order valence-electron chi connectivity index (χ4n) is 7.43. The van der Waals surface area contributed by atoms with Crippen LogP contribution >= 0.6 is 0 Å². The molecule has 0 aliphatic carbocycles. The average molecular weight is 764 g/mol. The second kappa shape index (κ2) is 42.7. The Morgan fingerprint density at radius 3 is 1.35 bits per heavy atom. The summed E-state index contributed by atoms with van der Waals surface area (Å²) in [6.45, 7) is 6.45. The number of hydrogen-bond acceptors (Lipinski definition) is 5. The maximum Gasteiger partial charge on any atom is 0.306 e. The van der Waals surface area contributed by atoms with E-state index in [4.69, 9.17) is 4.74 Å². The fraction of sp³-hybridized carbons (Fsp3) is 0.917. The summed E-state index contributed by atoms with van der Waals surface area (Å²) >= 11 is 0. The predicted molar refractivity (Wildman–Crippen MR) is 232 cm³/mol. The van der Waals surface area contributed by atoms with Crippen molar-refractivity contribution in [1.29, 1.82) is 0 Å². The zero-order valence-corrected chi connectivity index (χ0v) is 36.4. The van der Waals surface area contributed by atoms with Gasteiger partial charge in [-0.15, -0.1) is 0 Å². The summed E-state index contributed by atoms with van der Waals surface area (Å²) in [5.74, 6) is -0.480. The van der Waals surface area contributed by atoms with Crippen molar-refractivity contribution >= 4 is 11.9 Å². The van der Waals surface area contributed by atoms with Crippen LogP contribution in [-0.4, -0.2) is 46.9 Å². The van der Waals surface area contributed by atoms with E-state index in [-0.39, 0.29) is 24.9 Å². The van der Waals surface area contributed by atoms with Crippen molar-refractivity contribution in [2.75, 3.05) is 6.61 Å². The lowest BCUT2D eigenvalue weighted by molar-refractivity contribution is -0.151. The van der Waals surface area contributed by atoms with Crippen molar-refractivity contribution in [2.24, 2.45) is 0 Å². The number of ether oxygens (including phenoxy) is 1. The number of amides is 1. The molecule has 3 atom stereocenters. The summed E-state index contributed by atoms with van der Waals surface area (Å²) in [5, 5.41) is 23.7. The minimum atomic E-state index is -0.784. The molecule has 0 aromatic carbocycles. The molecule has 0 radical (unpaired) electrons. The number of hydrogen-bond donors (Lipinski definition) is 3. The van der Waals surface area contributed by atoms with E-state index in [0.29, 0.717) is 19.3 Å². The first-order valence-electron chi connectivity index (χ1n) is 23.9. The van der Waals surface area contributed by atoms with Crippen LogP contribution in [0.3, 0.4) is 0 Å². The van der Waals surface area contributed by atoms with Gasteiger partial charge in [-0.25, -0.2) is 0 Å². The molecule has 0 aromatic rings. The van der Waals surface area contributed by atoms with Gasteiger partial charge in [0.15, 0.2) is 0 Å². The molecule has 0 aliphatic rings. The molecule has 0 bridgehead atoms. The number of esters is 1. The lowest BCUT2D eigenvalue weighted by atomic mass is 10.0. The minimum absolute atomic E-state index is 0.0728. The number of aliphatic hydroxyl groups is 2. The quantitative estimate of drug-likeness (QED) is 0.0326. The number of nitrogens with one attached hydrogen (secondary N) is 1. The van der Waals surface area contributed by atoms with E-state index in [1.54, 1.807) is 0 Å². The molecule has 0 heterocycles. The van der Waals surface area contributed by atoms with Crippen LogP contribution in [0.15, 0.2) is 12.2 Å². The van der Waals surface area contributed by atoms with Gasteiger partial charge < -0.3 is 20.3 Å². The van der Waals surface area contributed by atoms with Gasteiger partial charge in [0.2, 0.25) is 5.91 Å². The molecule has 0 aliphatic heterocycles. The third-order valence-electron chi connectivity index (χ3n) is 11.1. The smallest absolute Gasteiger partial charge is 0.306 e. The van der Waals surface area contributed by atoms with Gasteiger partial charge in [-0.05, 0) is 51.4 Å². The van der Waals surface area contributed by atoms with Crippen LogP contribution in [0.25, 0.3) is 0 Å². The highest BCUT2D eigenvalue weighted by atomic mass is 16.5. The molecule has 0 rings (SSSR count). The molecule has 3 N–H and O–H groups in total. The molecule has 3 unspecified atom stereocenters. The molecule has 54 heavy (non-hydrogen) atoms. The number of carbonyl (C=O) groups is 2. The van der Waals surface area contributed by atoms with Gasteiger partial charge in [-0.2, -0.15) is 0 Å². The number of rotatable bonds is 43. The summed E-state index contributed by atoms with van der Waals surface area (Å²) in [7, 11) is 0. The summed E-state index contributed by atoms with van der Waals surface area (Å²) in [4.78, 5) is 26.0. The molecule has 1 amide bonds. The minimum Gasteiger partial charge on any atom is -0.462 e. The van der Waals surface area contributed by atoms with Crippen LogP contribution in [-0.2, 0) is 14.3 Å². The van der Waals surface area contributed by atoms with Crippen LogP contribution in [0.4, 0.5) is 0 Å². The van der Waals surface area contributed by atoms with Crippen molar-refractivity contribution in [1.82, 2.24) is 5.32 Å². The van der Waals surface area contributed by atoms with E-state index < -0.39 is 18.2 Å². The Balaban J connectivity index is 4.50. The summed E-state index contributed by atoms with van der Waals surface area (Å²) in [6, 6.07) is -0.698. The van der Waals surface area contributed by atoms with E-state index in [0.717, 1.165) is 64.2 Å². The van der Waals surface area contributed by atoms with Gasteiger partial charge in [0.25, 0.3) is 0 Å². The van der Waals surface area contributed by atoms with Crippen molar-refractivity contribution in [3.05, 3.63) is 12.2 Å². The zero-order valence-electron chi connectivity index (χ0n) is 36.4. The SMILES string of the molecule is CCCCC/C=C\CCCCCC(CC(=O)NC(CO)C(O)CCCCCCCCCCCCCCCC)OC(=O)CCCCCCCCCCCCC.